The first-order valence-corrected chi connectivity index (χ1v) is 8.78. The van der Waals surface area contributed by atoms with Crippen LogP contribution in [-0.4, -0.2) is 24.0 Å². The number of benzene rings is 2. The molecule has 1 heterocycles. The van der Waals surface area contributed by atoms with Crippen molar-refractivity contribution >= 4 is 35.6 Å². The molecule has 28 heavy (non-hydrogen) atoms. The van der Waals surface area contributed by atoms with Crippen LogP contribution in [0.25, 0.3) is 0 Å². The molecule has 0 spiro atoms. The van der Waals surface area contributed by atoms with E-state index in [0.717, 1.165) is 23.3 Å². The van der Waals surface area contributed by atoms with Crippen molar-refractivity contribution < 1.29 is 9.66 Å². The van der Waals surface area contributed by atoms with E-state index in [1.807, 2.05) is 24.3 Å². The van der Waals surface area contributed by atoms with Gasteiger partial charge in [0.15, 0.2) is 5.96 Å². The zero-order valence-corrected chi connectivity index (χ0v) is 17.7. The van der Waals surface area contributed by atoms with Crippen LogP contribution in [0.5, 0.6) is 5.75 Å². The maximum absolute atomic E-state index is 10.8. The van der Waals surface area contributed by atoms with Gasteiger partial charge >= 0.3 is 0 Å². The summed E-state index contributed by atoms with van der Waals surface area (Å²) >= 11 is 0. The molecule has 7 nitrogen and oxygen atoms in total. The predicted octanol–water partition coefficient (Wildman–Crippen LogP) is 3.96. The molecule has 1 aliphatic rings. The number of rotatable bonds is 6. The van der Waals surface area contributed by atoms with Gasteiger partial charge in [-0.1, -0.05) is 36.4 Å². The van der Waals surface area contributed by atoms with E-state index in [1.54, 1.807) is 18.2 Å². The molecule has 3 rings (SSSR count). The van der Waals surface area contributed by atoms with Crippen LogP contribution in [-0.2, 0) is 6.54 Å². The molecule has 0 saturated carbocycles. The number of nitro benzene ring substituents is 1. The van der Waals surface area contributed by atoms with Crippen molar-refractivity contribution in [1.29, 1.82) is 0 Å². The molecule has 148 valence electrons. The summed E-state index contributed by atoms with van der Waals surface area (Å²) in [6, 6.07) is 14.5. The van der Waals surface area contributed by atoms with E-state index >= 15 is 0 Å². The van der Waals surface area contributed by atoms with Gasteiger partial charge in [0.2, 0.25) is 0 Å². The third kappa shape index (κ3) is 5.69. The maximum atomic E-state index is 10.8. The Hall–Kier alpha value is -2.62. The van der Waals surface area contributed by atoms with Gasteiger partial charge in [-0.05, 0) is 11.6 Å². The monoisotopic (exact) mass is 494 g/mol. The smallest absolute Gasteiger partial charge is 0.269 e. The molecule has 0 radical (unpaired) electrons. The summed E-state index contributed by atoms with van der Waals surface area (Å²) in [6.07, 6.45) is 2.60. The molecule has 0 bridgehead atoms. The number of para-hydroxylation sites is 1. The van der Waals surface area contributed by atoms with Crippen molar-refractivity contribution in [1.82, 2.24) is 10.6 Å². The Balaban J connectivity index is 0.00000280. The number of hydrogen-bond donors (Lipinski definition) is 2. The Morgan fingerprint density at radius 1 is 1.29 bits per heavy atom. The summed E-state index contributed by atoms with van der Waals surface area (Å²) in [5.41, 5.74) is 2.07. The fourth-order valence-electron chi connectivity index (χ4n) is 2.87. The van der Waals surface area contributed by atoms with Gasteiger partial charge in [0.25, 0.3) is 5.69 Å². The van der Waals surface area contributed by atoms with Crippen molar-refractivity contribution in [3.8, 4) is 5.75 Å². The lowest BCUT2D eigenvalue weighted by Gasteiger charge is -2.28. The Kier molecular flexibility index (Phi) is 8.24. The molecule has 2 aromatic rings. The Morgan fingerprint density at radius 2 is 2.04 bits per heavy atom. The number of nitrogens with zero attached hydrogens (tertiary/aromatic N) is 2. The lowest BCUT2D eigenvalue weighted by Crippen LogP contribution is -2.41. The molecule has 2 aromatic carbocycles. The lowest BCUT2D eigenvalue weighted by atomic mass is 10.0. The molecule has 0 saturated heterocycles. The first kappa shape index (κ1) is 21.7. The predicted molar refractivity (Wildman–Crippen MR) is 120 cm³/mol. The standard InChI is InChI=1S/C20H22N4O3.HI/c1-2-12-21-20(22-14-15-7-9-16(10-8-15)24(25)26)23-18-11-13-27-19-6-4-3-5-17(18)19;/h2-10,18H,1,11-14H2,(H2,21,22,23);1H. The lowest BCUT2D eigenvalue weighted by molar-refractivity contribution is -0.384. The summed E-state index contributed by atoms with van der Waals surface area (Å²) in [5.74, 6) is 1.55. The van der Waals surface area contributed by atoms with Crippen LogP contribution in [0, 0.1) is 10.1 Å². The minimum absolute atomic E-state index is 0. The minimum atomic E-state index is -0.408. The Bertz CT molecular complexity index is 840. The number of non-ortho nitro benzene ring substituents is 1. The molecular formula is C20H23IN4O3. The fourth-order valence-corrected chi connectivity index (χ4v) is 2.87. The SMILES string of the molecule is C=CCNC(=NCc1ccc([N+](=O)[O-])cc1)NC1CCOc2ccccc21.I. The minimum Gasteiger partial charge on any atom is -0.493 e. The van der Waals surface area contributed by atoms with Gasteiger partial charge in [-0.2, -0.15) is 0 Å². The van der Waals surface area contributed by atoms with E-state index in [-0.39, 0.29) is 35.7 Å². The normalized spacial score (nSPS) is 15.4. The van der Waals surface area contributed by atoms with Gasteiger partial charge < -0.3 is 15.4 Å². The highest BCUT2D eigenvalue weighted by molar-refractivity contribution is 14.0. The number of halogens is 1. The van der Waals surface area contributed by atoms with Crippen LogP contribution in [0.4, 0.5) is 5.69 Å². The van der Waals surface area contributed by atoms with E-state index < -0.39 is 4.92 Å². The van der Waals surface area contributed by atoms with Gasteiger partial charge in [-0.3, -0.25) is 10.1 Å². The molecule has 1 unspecified atom stereocenters. The molecule has 1 aliphatic heterocycles. The Labute approximate surface area is 181 Å². The zero-order chi connectivity index (χ0) is 19.1. The van der Waals surface area contributed by atoms with Crippen molar-refractivity contribution in [2.45, 2.75) is 19.0 Å². The van der Waals surface area contributed by atoms with Crippen LogP contribution >= 0.6 is 24.0 Å². The maximum Gasteiger partial charge on any atom is 0.269 e. The summed E-state index contributed by atoms with van der Waals surface area (Å²) < 4.78 is 5.70. The number of fused-ring (bicyclic) bond motifs is 1. The number of guanidine groups is 1. The zero-order valence-electron chi connectivity index (χ0n) is 15.3. The molecular weight excluding hydrogens is 471 g/mol. The fraction of sp³-hybridized carbons (Fsp3) is 0.250. The number of nitrogens with one attached hydrogen (secondary N) is 2. The highest BCUT2D eigenvalue weighted by atomic mass is 127. The van der Waals surface area contributed by atoms with Gasteiger partial charge in [-0.15, -0.1) is 30.6 Å². The average molecular weight is 494 g/mol. The van der Waals surface area contributed by atoms with E-state index in [2.05, 4.69) is 22.2 Å². The molecule has 0 aliphatic carbocycles. The third-order valence-corrected chi connectivity index (χ3v) is 4.25. The second-order valence-corrected chi connectivity index (χ2v) is 6.13. The molecule has 0 fully saturated rings. The summed E-state index contributed by atoms with van der Waals surface area (Å²) in [4.78, 5) is 15.0. The van der Waals surface area contributed by atoms with Crippen molar-refractivity contribution in [2.24, 2.45) is 4.99 Å². The summed E-state index contributed by atoms with van der Waals surface area (Å²) in [5, 5.41) is 17.4. The van der Waals surface area contributed by atoms with Crippen LogP contribution in [0.15, 0.2) is 66.2 Å². The Morgan fingerprint density at radius 3 is 2.75 bits per heavy atom. The average Bonchev–Trinajstić information content (AvgIpc) is 2.70. The van der Waals surface area contributed by atoms with Crippen LogP contribution in [0.2, 0.25) is 0 Å². The quantitative estimate of drug-likeness (QED) is 0.159. The number of nitro groups is 1. The van der Waals surface area contributed by atoms with Crippen LogP contribution < -0.4 is 15.4 Å². The third-order valence-electron chi connectivity index (χ3n) is 4.25. The van der Waals surface area contributed by atoms with Crippen molar-refractivity contribution in [3.05, 3.63) is 82.4 Å². The first-order valence-electron chi connectivity index (χ1n) is 8.78. The molecule has 2 N–H and O–H groups in total. The van der Waals surface area contributed by atoms with Gasteiger partial charge in [-0.25, -0.2) is 4.99 Å². The number of hydrogen-bond acceptors (Lipinski definition) is 4. The highest BCUT2D eigenvalue weighted by Crippen LogP contribution is 2.31. The van der Waals surface area contributed by atoms with E-state index in [9.17, 15) is 10.1 Å². The summed E-state index contributed by atoms with van der Waals surface area (Å²) in [7, 11) is 0. The molecule has 8 heteroatoms. The number of ether oxygens (including phenoxy) is 1. The topological polar surface area (TPSA) is 88.8 Å². The first-order chi connectivity index (χ1) is 13.2. The van der Waals surface area contributed by atoms with Crippen molar-refractivity contribution in [3.63, 3.8) is 0 Å². The largest absolute Gasteiger partial charge is 0.493 e. The summed E-state index contributed by atoms with van der Waals surface area (Å²) in [6.45, 7) is 5.37. The van der Waals surface area contributed by atoms with Gasteiger partial charge in [0.1, 0.15) is 5.75 Å². The van der Waals surface area contributed by atoms with E-state index in [4.69, 9.17) is 4.74 Å². The second-order valence-electron chi connectivity index (χ2n) is 6.13. The molecule has 0 amide bonds. The van der Waals surface area contributed by atoms with E-state index in [1.165, 1.54) is 12.1 Å². The van der Waals surface area contributed by atoms with Crippen molar-refractivity contribution in [2.75, 3.05) is 13.2 Å². The number of aliphatic imine (C=N–C) groups is 1. The second kappa shape index (κ2) is 10.6. The highest BCUT2D eigenvalue weighted by Gasteiger charge is 2.21. The van der Waals surface area contributed by atoms with E-state index in [0.29, 0.717) is 25.7 Å². The molecule has 0 aromatic heterocycles. The van der Waals surface area contributed by atoms with Crippen LogP contribution in [0.3, 0.4) is 0 Å². The molecule has 1 atom stereocenters. The van der Waals surface area contributed by atoms with Gasteiger partial charge in [0.05, 0.1) is 24.1 Å². The van der Waals surface area contributed by atoms with Crippen LogP contribution in [0.1, 0.15) is 23.6 Å². The van der Waals surface area contributed by atoms with Gasteiger partial charge in [0, 0.05) is 30.7 Å².